The molecular weight excluding hydrogens is 238 g/mol. The summed E-state index contributed by atoms with van der Waals surface area (Å²) in [5, 5.41) is 3.19. The van der Waals surface area contributed by atoms with Gasteiger partial charge in [-0.25, -0.2) is 0 Å². The maximum atomic E-state index is 12.3. The molecule has 1 amide bonds. The van der Waals surface area contributed by atoms with Crippen LogP contribution in [0.2, 0.25) is 0 Å². The third-order valence-corrected chi connectivity index (χ3v) is 5.18. The fraction of sp³-hybridized carbons (Fsp3) is 0.688. The fourth-order valence-corrected chi connectivity index (χ4v) is 4.20. The average molecular weight is 261 g/mol. The van der Waals surface area contributed by atoms with E-state index in [1.165, 1.54) is 25.7 Å². The van der Waals surface area contributed by atoms with Crippen molar-refractivity contribution in [2.75, 3.05) is 0 Å². The Morgan fingerprint density at radius 3 is 2.68 bits per heavy atom. The molecule has 19 heavy (non-hydrogen) atoms. The number of hydrogen-bond donors (Lipinski definition) is 1. The van der Waals surface area contributed by atoms with Gasteiger partial charge in [0.2, 0.25) is 0 Å². The first-order valence-corrected chi connectivity index (χ1v) is 7.41. The normalized spacial score (nSPS) is 30.6. The molecule has 0 aromatic carbocycles. The summed E-state index contributed by atoms with van der Waals surface area (Å²) in [6.07, 6.45) is 7.11. The second-order valence-electron chi connectivity index (χ2n) is 6.45. The van der Waals surface area contributed by atoms with Crippen LogP contribution in [0.5, 0.6) is 0 Å². The van der Waals surface area contributed by atoms with Crippen LogP contribution in [0.1, 0.15) is 54.3 Å². The lowest BCUT2D eigenvalue weighted by molar-refractivity contribution is 0.0913. The minimum absolute atomic E-state index is 0.0269. The first-order chi connectivity index (χ1) is 9.06. The van der Waals surface area contributed by atoms with E-state index in [-0.39, 0.29) is 11.9 Å². The number of nitrogens with one attached hydrogen (secondary N) is 1. The van der Waals surface area contributed by atoms with Gasteiger partial charge < -0.3 is 9.73 Å². The van der Waals surface area contributed by atoms with Gasteiger partial charge >= 0.3 is 0 Å². The van der Waals surface area contributed by atoms with E-state index in [1.54, 1.807) is 6.26 Å². The Morgan fingerprint density at radius 2 is 2.16 bits per heavy atom. The molecule has 1 aromatic rings. The maximum absolute atomic E-state index is 12.3. The molecule has 0 aliphatic heterocycles. The summed E-state index contributed by atoms with van der Waals surface area (Å²) in [6, 6.07) is 0.275. The lowest BCUT2D eigenvalue weighted by Gasteiger charge is -2.28. The zero-order chi connectivity index (χ0) is 13.6. The predicted octanol–water partition coefficient (Wildman–Crippen LogP) is 3.45. The van der Waals surface area contributed by atoms with Gasteiger partial charge in [-0.15, -0.1) is 0 Å². The number of furan rings is 1. The average Bonchev–Trinajstić information content (AvgIpc) is 3.05. The number of fused-ring (bicyclic) bond motifs is 2. The molecule has 3 nitrogen and oxygen atoms in total. The van der Waals surface area contributed by atoms with Gasteiger partial charge in [0, 0.05) is 11.6 Å². The minimum Gasteiger partial charge on any atom is -0.469 e. The topological polar surface area (TPSA) is 42.2 Å². The van der Waals surface area contributed by atoms with Crippen molar-refractivity contribution in [2.45, 2.75) is 52.5 Å². The molecule has 1 heterocycles. The number of carbonyl (C=O) groups is 1. The number of hydrogen-bond acceptors (Lipinski definition) is 2. The highest BCUT2D eigenvalue weighted by Crippen LogP contribution is 2.49. The standard InChI is InChI=1S/C16H23NO2/c1-9-8-19-11(3)15(9)16(18)17-10(2)14-7-12-4-5-13(14)6-12/h8,10,12-14H,4-7H2,1-3H3,(H,17,18). The second kappa shape index (κ2) is 4.69. The summed E-state index contributed by atoms with van der Waals surface area (Å²) in [7, 11) is 0. The first kappa shape index (κ1) is 12.8. The van der Waals surface area contributed by atoms with Crippen molar-refractivity contribution < 1.29 is 9.21 Å². The molecule has 2 fully saturated rings. The fourth-order valence-electron chi connectivity index (χ4n) is 4.20. The third-order valence-electron chi connectivity index (χ3n) is 5.18. The van der Waals surface area contributed by atoms with Crippen LogP contribution in [-0.4, -0.2) is 11.9 Å². The van der Waals surface area contributed by atoms with Gasteiger partial charge in [0.05, 0.1) is 11.8 Å². The van der Waals surface area contributed by atoms with Gasteiger partial charge in [0.25, 0.3) is 5.91 Å². The molecule has 2 aliphatic carbocycles. The van der Waals surface area contributed by atoms with E-state index in [0.717, 1.165) is 28.7 Å². The Balaban J connectivity index is 1.67. The highest BCUT2D eigenvalue weighted by atomic mass is 16.3. The molecule has 104 valence electrons. The summed E-state index contributed by atoms with van der Waals surface area (Å²) in [5.41, 5.74) is 1.64. The van der Waals surface area contributed by atoms with Gasteiger partial charge in [-0.2, -0.15) is 0 Å². The lowest BCUT2D eigenvalue weighted by atomic mass is 9.84. The van der Waals surface area contributed by atoms with E-state index >= 15 is 0 Å². The first-order valence-electron chi connectivity index (χ1n) is 7.41. The summed E-state index contributed by atoms with van der Waals surface area (Å²) in [4.78, 5) is 12.3. The van der Waals surface area contributed by atoms with Crippen LogP contribution < -0.4 is 5.32 Å². The number of amides is 1. The lowest BCUT2D eigenvalue weighted by Crippen LogP contribution is -2.40. The van der Waals surface area contributed by atoms with Crippen molar-refractivity contribution in [1.29, 1.82) is 0 Å². The smallest absolute Gasteiger partial charge is 0.255 e. The van der Waals surface area contributed by atoms with E-state index in [2.05, 4.69) is 12.2 Å². The summed E-state index contributed by atoms with van der Waals surface area (Å²) in [6.45, 7) is 5.94. The highest BCUT2D eigenvalue weighted by Gasteiger charge is 2.42. The molecule has 0 radical (unpaired) electrons. The summed E-state index contributed by atoms with van der Waals surface area (Å²) >= 11 is 0. The Bertz CT molecular complexity index is 471. The van der Waals surface area contributed by atoms with Crippen molar-refractivity contribution in [3.05, 3.63) is 23.2 Å². The SMILES string of the molecule is Cc1coc(C)c1C(=O)NC(C)C1CC2CCC1C2. The minimum atomic E-state index is 0.0269. The van der Waals surface area contributed by atoms with Crippen LogP contribution in [0, 0.1) is 31.6 Å². The predicted molar refractivity (Wildman–Crippen MR) is 74.0 cm³/mol. The molecule has 1 aromatic heterocycles. The van der Waals surface area contributed by atoms with Crippen LogP contribution in [0.25, 0.3) is 0 Å². The number of carbonyl (C=O) groups excluding carboxylic acids is 1. The van der Waals surface area contributed by atoms with Gasteiger partial charge in [-0.1, -0.05) is 6.42 Å². The summed E-state index contributed by atoms with van der Waals surface area (Å²) < 4.78 is 5.31. The monoisotopic (exact) mass is 261 g/mol. The molecule has 4 atom stereocenters. The van der Waals surface area contributed by atoms with Crippen LogP contribution in [0.3, 0.4) is 0 Å². The van der Waals surface area contributed by atoms with Crippen LogP contribution in [-0.2, 0) is 0 Å². The Labute approximate surface area is 114 Å². The van der Waals surface area contributed by atoms with Gasteiger partial charge in [0.1, 0.15) is 5.76 Å². The van der Waals surface area contributed by atoms with E-state index in [1.807, 2.05) is 13.8 Å². The quantitative estimate of drug-likeness (QED) is 0.905. The van der Waals surface area contributed by atoms with Gasteiger partial charge in [-0.05, 0) is 57.8 Å². The van der Waals surface area contributed by atoms with Crippen molar-refractivity contribution in [3.8, 4) is 0 Å². The Kier molecular flexibility index (Phi) is 3.15. The Morgan fingerprint density at radius 1 is 1.37 bits per heavy atom. The highest BCUT2D eigenvalue weighted by molar-refractivity contribution is 5.96. The maximum Gasteiger partial charge on any atom is 0.255 e. The van der Waals surface area contributed by atoms with Gasteiger partial charge in [-0.3, -0.25) is 4.79 Å². The third kappa shape index (κ3) is 2.19. The molecule has 2 saturated carbocycles. The second-order valence-corrected chi connectivity index (χ2v) is 6.45. The Hall–Kier alpha value is -1.25. The van der Waals surface area contributed by atoms with Crippen LogP contribution in [0.4, 0.5) is 0 Å². The number of aryl methyl sites for hydroxylation is 2. The summed E-state index contributed by atoms with van der Waals surface area (Å²) in [5.74, 6) is 3.18. The molecule has 2 bridgehead atoms. The number of rotatable bonds is 3. The van der Waals surface area contributed by atoms with Gasteiger partial charge in [0.15, 0.2) is 0 Å². The molecule has 3 rings (SSSR count). The van der Waals surface area contributed by atoms with Crippen LogP contribution in [0.15, 0.2) is 10.7 Å². The van der Waals surface area contributed by atoms with Crippen molar-refractivity contribution in [1.82, 2.24) is 5.32 Å². The molecule has 3 heteroatoms. The van der Waals surface area contributed by atoms with E-state index < -0.39 is 0 Å². The molecule has 4 unspecified atom stereocenters. The molecular formula is C16H23NO2. The molecule has 0 spiro atoms. The van der Waals surface area contributed by atoms with Crippen molar-refractivity contribution in [3.63, 3.8) is 0 Å². The molecule has 2 aliphatic rings. The van der Waals surface area contributed by atoms with Crippen molar-refractivity contribution >= 4 is 5.91 Å². The van der Waals surface area contributed by atoms with Crippen LogP contribution >= 0.6 is 0 Å². The van der Waals surface area contributed by atoms with Crippen molar-refractivity contribution in [2.24, 2.45) is 17.8 Å². The molecule has 0 saturated heterocycles. The zero-order valence-corrected chi connectivity index (χ0v) is 12.0. The van der Waals surface area contributed by atoms with E-state index in [4.69, 9.17) is 4.42 Å². The largest absolute Gasteiger partial charge is 0.469 e. The van der Waals surface area contributed by atoms with E-state index in [9.17, 15) is 4.79 Å². The molecule has 1 N–H and O–H groups in total. The van der Waals surface area contributed by atoms with E-state index in [0.29, 0.717) is 5.92 Å². The zero-order valence-electron chi connectivity index (χ0n) is 12.0.